The van der Waals surface area contributed by atoms with Crippen LogP contribution in [0.15, 0.2) is 30.3 Å². The molecule has 4 heteroatoms. The zero-order valence-corrected chi connectivity index (χ0v) is 14.2. The molecule has 1 amide bonds. The van der Waals surface area contributed by atoms with Gasteiger partial charge < -0.3 is 10.2 Å². The second-order valence-electron chi connectivity index (χ2n) is 6.96. The molecule has 2 aliphatic rings. The maximum Gasteiger partial charge on any atom is 0.239 e. The summed E-state index contributed by atoms with van der Waals surface area (Å²) >= 11 is 0. The molecule has 2 saturated heterocycles. The summed E-state index contributed by atoms with van der Waals surface area (Å²) in [4.78, 5) is 17.5. The van der Waals surface area contributed by atoms with E-state index in [1.54, 1.807) is 0 Å². The molecule has 0 spiro atoms. The molecule has 126 valence electrons. The number of benzene rings is 1. The molecule has 0 radical (unpaired) electrons. The van der Waals surface area contributed by atoms with Gasteiger partial charge in [-0.15, -0.1) is 0 Å². The Balaban J connectivity index is 1.63. The van der Waals surface area contributed by atoms with Crippen LogP contribution in [0, 0.1) is 5.92 Å². The maximum atomic E-state index is 13.0. The zero-order valence-electron chi connectivity index (χ0n) is 14.2. The maximum absolute atomic E-state index is 13.0. The number of piperidine rings is 1. The van der Waals surface area contributed by atoms with Gasteiger partial charge in [0.2, 0.25) is 5.91 Å². The Morgan fingerprint density at radius 1 is 1.17 bits per heavy atom. The van der Waals surface area contributed by atoms with Gasteiger partial charge in [0.05, 0.1) is 6.04 Å². The number of rotatable bonds is 5. The second-order valence-corrected chi connectivity index (χ2v) is 6.96. The summed E-state index contributed by atoms with van der Waals surface area (Å²) < 4.78 is 0. The van der Waals surface area contributed by atoms with Gasteiger partial charge >= 0.3 is 0 Å². The Morgan fingerprint density at radius 2 is 2.00 bits per heavy atom. The van der Waals surface area contributed by atoms with Crippen molar-refractivity contribution in [2.24, 2.45) is 5.92 Å². The molecule has 2 fully saturated rings. The predicted molar refractivity (Wildman–Crippen MR) is 93.1 cm³/mol. The van der Waals surface area contributed by atoms with Crippen LogP contribution in [0.5, 0.6) is 0 Å². The average Bonchev–Trinajstić information content (AvgIpc) is 3.05. The molecule has 2 heterocycles. The van der Waals surface area contributed by atoms with E-state index < -0.39 is 0 Å². The first-order valence-corrected chi connectivity index (χ1v) is 8.99. The highest BCUT2D eigenvalue weighted by molar-refractivity contribution is 5.82. The Labute approximate surface area is 139 Å². The molecule has 1 aromatic rings. The third-order valence-electron chi connectivity index (χ3n) is 5.22. The van der Waals surface area contributed by atoms with E-state index in [0.29, 0.717) is 11.8 Å². The summed E-state index contributed by atoms with van der Waals surface area (Å²) in [6.07, 6.45) is 4.53. The van der Waals surface area contributed by atoms with E-state index in [4.69, 9.17) is 0 Å². The molecule has 0 bridgehead atoms. The number of carbonyl (C=O) groups is 1. The van der Waals surface area contributed by atoms with E-state index >= 15 is 0 Å². The van der Waals surface area contributed by atoms with Crippen molar-refractivity contribution in [3.8, 4) is 0 Å². The normalized spacial score (nSPS) is 25.7. The van der Waals surface area contributed by atoms with Crippen molar-refractivity contribution in [3.63, 3.8) is 0 Å². The molecule has 0 saturated carbocycles. The topological polar surface area (TPSA) is 35.6 Å². The summed E-state index contributed by atoms with van der Waals surface area (Å²) in [5.41, 5.74) is 1.31. The van der Waals surface area contributed by atoms with E-state index in [2.05, 4.69) is 45.4 Å². The van der Waals surface area contributed by atoms with Crippen LogP contribution in [0.2, 0.25) is 0 Å². The third-order valence-corrected chi connectivity index (χ3v) is 5.22. The van der Waals surface area contributed by atoms with Gasteiger partial charge in [-0.3, -0.25) is 9.69 Å². The molecule has 3 rings (SSSR count). The van der Waals surface area contributed by atoms with Crippen molar-refractivity contribution < 1.29 is 4.79 Å². The van der Waals surface area contributed by atoms with Crippen molar-refractivity contribution in [2.75, 3.05) is 33.2 Å². The van der Waals surface area contributed by atoms with Crippen LogP contribution < -0.4 is 5.32 Å². The van der Waals surface area contributed by atoms with Gasteiger partial charge in [0.1, 0.15) is 0 Å². The highest BCUT2D eigenvalue weighted by Crippen LogP contribution is 2.24. The Morgan fingerprint density at radius 3 is 2.78 bits per heavy atom. The lowest BCUT2D eigenvalue weighted by molar-refractivity contribution is -0.137. The molecule has 0 unspecified atom stereocenters. The second kappa shape index (κ2) is 7.93. The lowest BCUT2D eigenvalue weighted by Gasteiger charge is -2.36. The zero-order chi connectivity index (χ0) is 16.1. The average molecular weight is 315 g/mol. The number of hydrogen-bond acceptors (Lipinski definition) is 3. The summed E-state index contributed by atoms with van der Waals surface area (Å²) in [6, 6.07) is 10.6. The largest absolute Gasteiger partial charge is 0.341 e. The molecule has 0 aliphatic carbocycles. The van der Waals surface area contributed by atoms with Gasteiger partial charge in [0, 0.05) is 19.6 Å². The highest BCUT2D eigenvalue weighted by Gasteiger charge is 2.34. The standard InChI is InChI=1S/C19H29N3O/c1-20-13-17-10-12-22(15-17)19(23)18-9-5-6-11-21(18)14-16-7-3-2-4-8-16/h2-4,7-8,17-18,20H,5-6,9-15H2,1H3/t17-,18-/m1/s1. The molecular weight excluding hydrogens is 286 g/mol. The first-order valence-electron chi connectivity index (χ1n) is 8.99. The lowest BCUT2D eigenvalue weighted by atomic mass is 10.00. The number of carbonyl (C=O) groups excluding carboxylic acids is 1. The van der Waals surface area contributed by atoms with Gasteiger partial charge in [-0.2, -0.15) is 0 Å². The number of amides is 1. The third kappa shape index (κ3) is 4.12. The van der Waals surface area contributed by atoms with E-state index in [-0.39, 0.29) is 6.04 Å². The highest BCUT2D eigenvalue weighted by atomic mass is 16.2. The van der Waals surface area contributed by atoms with Gasteiger partial charge in [-0.05, 0) is 50.9 Å². The fraction of sp³-hybridized carbons (Fsp3) is 0.632. The first-order chi connectivity index (χ1) is 11.3. The SMILES string of the molecule is CNC[C@H]1CCN(C(=O)[C@H]2CCCCN2Cc2ccccc2)C1. The Bertz CT molecular complexity index is 505. The van der Waals surface area contributed by atoms with Crippen molar-refractivity contribution >= 4 is 5.91 Å². The molecular formula is C19H29N3O. The minimum absolute atomic E-state index is 0.0808. The van der Waals surface area contributed by atoms with Crippen LogP contribution in [0.1, 0.15) is 31.2 Å². The van der Waals surface area contributed by atoms with Gasteiger partial charge in [-0.1, -0.05) is 36.8 Å². The molecule has 23 heavy (non-hydrogen) atoms. The number of nitrogens with zero attached hydrogens (tertiary/aromatic N) is 2. The van der Waals surface area contributed by atoms with Crippen LogP contribution in [0.25, 0.3) is 0 Å². The minimum Gasteiger partial charge on any atom is -0.341 e. The molecule has 0 aromatic heterocycles. The van der Waals surface area contributed by atoms with Crippen LogP contribution in [0.4, 0.5) is 0 Å². The van der Waals surface area contributed by atoms with Crippen LogP contribution >= 0.6 is 0 Å². The fourth-order valence-corrected chi connectivity index (χ4v) is 3.98. The van der Waals surface area contributed by atoms with Crippen LogP contribution in [-0.2, 0) is 11.3 Å². The molecule has 2 atom stereocenters. The smallest absolute Gasteiger partial charge is 0.239 e. The van der Waals surface area contributed by atoms with Crippen molar-refractivity contribution in [3.05, 3.63) is 35.9 Å². The summed E-state index contributed by atoms with van der Waals surface area (Å²) in [6.45, 7) is 4.81. The van der Waals surface area contributed by atoms with Crippen molar-refractivity contribution in [2.45, 2.75) is 38.3 Å². The van der Waals surface area contributed by atoms with E-state index in [1.165, 1.54) is 18.4 Å². The van der Waals surface area contributed by atoms with E-state index in [0.717, 1.165) is 45.6 Å². The molecule has 1 N–H and O–H groups in total. The molecule has 2 aliphatic heterocycles. The number of likely N-dealkylation sites (tertiary alicyclic amines) is 2. The monoisotopic (exact) mass is 315 g/mol. The van der Waals surface area contributed by atoms with Gasteiger partial charge in [0.15, 0.2) is 0 Å². The van der Waals surface area contributed by atoms with Crippen molar-refractivity contribution in [1.29, 1.82) is 0 Å². The lowest BCUT2D eigenvalue weighted by Crippen LogP contribution is -2.50. The molecule has 4 nitrogen and oxygen atoms in total. The fourth-order valence-electron chi connectivity index (χ4n) is 3.98. The summed E-state index contributed by atoms with van der Waals surface area (Å²) in [7, 11) is 1.99. The summed E-state index contributed by atoms with van der Waals surface area (Å²) in [5, 5.41) is 3.24. The van der Waals surface area contributed by atoms with Gasteiger partial charge in [0.25, 0.3) is 0 Å². The Kier molecular flexibility index (Phi) is 5.68. The van der Waals surface area contributed by atoms with Crippen molar-refractivity contribution in [1.82, 2.24) is 15.1 Å². The Hall–Kier alpha value is -1.39. The molecule has 1 aromatic carbocycles. The van der Waals surface area contributed by atoms with Gasteiger partial charge in [-0.25, -0.2) is 0 Å². The van der Waals surface area contributed by atoms with Crippen LogP contribution in [-0.4, -0.2) is 55.0 Å². The van der Waals surface area contributed by atoms with E-state index in [9.17, 15) is 4.79 Å². The van der Waals surface area contributed by atoms with E-state index in [1.807, 2.05) is 7.05 Å². The minimum atomic E-state index is 0.0808. The first kappa shape index (κ1) is 16.5. The number of nitrogens with one attached hydrogen (secondary N) is 1. The quantitative estimate of drug-likeness (QED) is 0.904. The number of hydrogen-bond donors (Lipinski definition) is 1. The van der Waals surface area contributed by atoms with Crippen LogP contribution in [0.3, 0.4) is 0 Å². The predicted octanol–water partition coefficient (Wildman–Crippen LogP) is 2.11. The summed E-state index contributed by atoms with van der Waals surface area (Å²) in [5.74, 6) is 0.981.